The van der Waals surface area contributed by atoms with Gasteiger partial charge in [-0.2, -0.15) is 0 Å². The molecule has 0 radical (unpaired) electrons. The molecule has 118 valence electrons. The van der Waals surface area contributed by atoms with Crippen LogP contribution < -0.4 is 11.1 Å². The molecular weight excluding hydrogens is 268 g/mol. The highest BCUT2D eigenvalue weighted by atomic mass is 16.5. The zero-order chi connectivity index (χ0) is 15.2. The summed E-state index contributed by atoms with van der Waals surface area (Å²) in [5, 5.41) is 2.97. The quantitative estimate of drug-likeness (QED) is 0.792. The molecule has 1 saturated heterocycles. The summed E-state index contributed by atoms with van der Waals surface area (Å²) in [6, 6.07) is 0.144. The Bertz CT molecular complexity index is 454. The van der Waals surface area contributed by atoms with Crippen molar-refractivity contribution in [2.75, 3.05) is 13.2 Å². The molecule has 21 heavy (non-hydrogen) atoms. The topological polar surface area (TPSA) is 82.2 Å². The van der Waals surface area contributed by atoms with Crippen molar-refractivity contribution in [1.82, 2.24) is 14.9 Å². The van der Waals surface area contributed by atoms with E-state index in [0.717, 1.165) is 25.1 Å². The molecule has 6 heteroatoms. The van der Waals surface area contributed by atoms with Gasteiger partial charge in [-0.1, -0.05) is 6.92 Å². The van der Waals surface area contributed by atoms with E-state index in [-0.39, 0.29) is 18.0 Å². The molecule has 0 aliphatic carbocycles. The Hall–Kier alpha value is -1.40. The van der Waals surface area contributed by atoms with Crippen molar-refractivity contribution in [3.8, 4) is 0 Å². The summed E-state index contributed by atoms with van der Waals surface area (Å²) in [6.45, 7) is 6.17. The van der Waals surface area contributed by atoms with Crippen LogP contribution in [0.1, 0.15) is 44.8 Å². The summed E-state index contributed by atoms with van der Waals surface area (Å²) in [7, 11) is 0. The second-order valence-corrected chi connectivity index (χ2v) is 5.79. The first kappa shape index (κ1) is 16.0. The Kier molecular flexibility index (Phi) is 5.76. The average molecular weight is 294 g/mol. The van der Waals surface area contributed by atoms with Crippen LogP contribution >= 0.6 is 0 Å². The minimum atomic E-state index is -0.0763. The Morgan fingerprint density at radius 3 is 3.14 bits per heavy atom. The maximum atomic E-state index is 11.8. The van der Waals surface area contributed by atoms with Crippen LogP contribution in [0.15, 0.2) is 12.5 Å². The fourth-order valence-corrected chi connectivity index (χ4v) is 2.54. The van der Waals surface area contributed by atoms with Gasteiger partial charge in [-0.15, -0.1) is 0 Å². The normalized spacial score (nSPS) is 21.2. The first-order chi connectivity index (χ1) is 10.1. The number of aromatic nitrogens is 2. The molecule has 2 heterocycles. The van der Waals surface area contributed by atoms with Gasteiger partial charge in [0.2, 0.25) is 5.91 Å². The fraction of sp³-hybridized carbons (Fsp3) is 0.733. The number of amides is 1. The van der Waals surface area contributed by atoms with Gasteiger partial charge in [-0.3, -0.25) is 4.79 Å². The number of hydrogen-bond donors (Lipinski definition) is 2. The lowest BCUT2D eigenvalue weighted by atomic mass is 9.97. The highest BCUT2D eigenvalue weighted by Crippen LogP contribution is 2.26. The van der Waals surface area contributed by atoms with Crippen LogP contribution in [0.3, 0.4) is 0 Å². The summed E-state index contributed by atoms with van der Waals surface area (Å²) in [4.78, 5) is 16.0. The van der Waals surface area contributed by atoms with E-state index in [1.165, 1.54) is 0 Å². The lowest BCUT2D eigenvalue weighted by molar-refractivity contribution is -0.121. The summed E-state index contributed by atoms with van der Waals surface area (Å²) in [5.74, 6) is 0.413. The number of aryl methyl sites for hydroxylation is 1. The number of ether oxygens (including phenoxy) is 1. The van der Waals surface area contributed by atoms with Crippen molar-refractivity contribution in [1.29, 1.82) is 0 Å². The Balaban J connectivity index is 1.89. The van der Waals surface area contributed by atoms with Crippen molar-refractivity contribution in [3.63, 3.8) is 0 Å². The van der Waals surface area contributed by atoms with E-state index in [4.69, 9.17) is 10.5 Å². The van der Waals surface area contributed by atoms with E-state index >= 15 is 0 Å². The highest BCUT2D eigenvalue weighted by Gasteiger charge is 2.26. The molecule has 3 N–H and O–H groups in total. The van der Waals surface area contributed by atoms with Gasteiger partial charge in [0.15, 0.2) is 0 Å². The predicted molar refractivity (Wildman–Crippen MR) is 80.6 cm³/mol. The number of nitrogens with two attached hydrogens (primary N) is 1. The molecule has 0 bridgehead atoms. The monoisotopic (exact) mass is 294 g/mol. The minimum Gasteiger partial charge on any atom is -0.381 e. The van der Waals surface area contributed by atoms with Gasteiger partial charge in [0.25, 0.3) is 0 Å². The largest absolute Gasteiger partial charge is 0.381 e. The third kappa shape index (κ3) is 4.28. The molecule has 3 unspecified atom stereocenters. The van der Waals surface area contributed by atoms with Crippen LogP contribution in [-0.2, 0) is 16.1 Å². The Labute approximate surface area is 126 Å². The maximum Gasteiger partial charge on any atom is 0.221 e. The van der Waals surface area contributed by atoms with Crippen LogP contribution in [0.5, 0.6) is 0 Å². The zero-order valence-electron chi connectivity index (χ0n) is 12.9. The third-order valence-corrected chi connectivity index (χ3v) is 4.16. The molecule has 1 aromatic heterocycles. The van der Waals surface area contributed by atoms with Crippen molar-refractivity contribution < 1.29 is 9.53 Å². The molecule has 1 aromatic rings. The molecule has 0 aromatic carbocycles. The smallest absolute Gasteiger partial charge is 0.221 e. The second kappa shape index (κ2) is 7.56. The second-order valence-electron chi connectivity index (χ2n) is 5.79. The zero-order valence-corrected chi connectivity index (χ0v) is 12.9. The molecule has 2 rings (SSSR count). The van der Waals surface area contributed by atoms with Gasteiger partial charge in [-0.25, -0.2) is 4.98 Å². The fourth-order valence-electron chi connectivity index (χ4n) is 2.54. The van der Waals surface area contributed by atoms with Crippen LogP contribution in [0.4, 0.5) is 0 Å². The van der Waals surface area contributed by atoms with E-state index in [2.05, 4.69) is 17.2 Å². The molecule has 1 amide bonds. The van der Waals surface area contributed by atoms with Gasteiger partial charge in [0.05, 0.1) is 24.7 Å². The number of nitrogens with one attached hydrogen (secondary N) is 1. The van der Waals surface area contributed by atoms with Crippen LogP contribution in [0.25, 0.3) is 0 Å². The molecular formula is C15H26N4O2. The maximum absolute atomic E-state index is 11.8. The Morgan fingerprint density at radius 2 is 2.48 bits per heavy atom. The lowest BCUT2D eigenvalue weighted by Gasteiger charge is -2.19. The SMILES string of the molecule is CCC(C)NC(=O)CCn1cncc1C(N)C1CCOC1. The number of carbonyl (C=O) groups excluding carboxylic acids is 1. The number of nitrogens with zero attached hydrogens (tertiary/aromatic N) is 2. The van der Waals surface area contributed by atoms with Crippen LogP contribution in [-0.4, -0.2) is 34.7 Å². The van der Waals surface area contributed by atoms with Crippen molar-refractivity contribution in [2.24, 2.45) is 11.7 Å². The molecule has 3 atom stereocenters. The van der Waals surface area contributed by atoms with Crippen LogP contribution in [0.2, 0.25) is 0 Å². The molecule has 0 spiro atoms. The number of hydrogen-bond acceptors (Lipinski definition) is 4. The van der Waals surface area contributed by atoms with E-state index in [1.807, 2.05) is 11.5 Å². The van der Waals surface area contributed by atoms with Crippen molar-refractivity contribution in [3.05, 3.63) is 18.2 Å². The van der Waals surface area contributed by atoms with E-state index < -0.39 is 0 Å². The van der Waals surface area contributed by atoms with Crippen molar-refractivity contribution >= 4 is 5.91 Å². The van der Waals surface area contributed by atoms with Crippen LogP contribution in [0, 0.1) is 5.92 Å². The minimum absolute atomic E-state index is 0.0711. The van der Waals surface area contributed by atoms with Gasteiger partial charge >= 0.3 is 0 Å². The summed E-state index contributed by atoms with van der Waals surface area (Å²) >= 11 is 0. The van der Waals surface area contributed by atoms with Gasteiger partial charge in [0.1, 0.15) is 0 Å². The molecule has 1 aliphatic heterocycles. The lowest BCUT2D eigenvalue weighted by Crippen LogP contribution is -2.32. The summed E-state index contributed by atoms with van der Waals surface area (Å²) in [5.41, 5.74) is 7.30. The first-order valence-corrected chi connectivity index (χ1v) is 7.74. The average Bonchev–Trinajstić information content (AvgIpc) is 3.15. The summed E-state index contributed by atoms with van der Waals surface area (Å²) in [6.07, 6.45) is 5.92. The van der Waals surface area contributed by atoms with Crippen molar-refractivity contribution in [2.45, 2.75) is 51.7 Å². The molecule has 1 aliphatic rings. The summed E-state index contributed by atoms with van der Waals surface area (Å²) < 4.78 is 7.38. The first-order valence-electron chi connectivity index (χ1n) is 7.74. The van der Waals surface area contributed by atoms with Gasteiger partial charge in [0, 0.05) is 37.7 Å². The van der Waals surface area contributed by atoms with Gasteiger partial charge in [-0.05, 0) is 19.8 Å². The Morgan fingerprint density at radius 1 is 1.67 bits per heavy atom. The number of carbonyl (C=O) groups is 1. The molecule has 1 fully saturated rings. The van der Waals surface area contributed by atoms with E-state index in [9.17, 15) is 4.79 Å². The third-order valence-electron chi connectivity index (χ3n) is 4.16. The van der Waals surface area contributed by atoms with E-state index in [0.29, 0.717) is 25.5 Å². The standard InChI is InChI=1S/C15H26N4O2/c1-3-11(2)18-14(20)4-6-19-10-17-8-13(19)15(16)12-5-7-21-9-12/h8,10-12,15H,3-7,9,16H2,1-2H3,(H,18,20). The highest BCUT2D eigenvalue weighted by molar-refractivity contribution is 5.76. The molecule has 6 nitrogen and oxygen atoms in total. The molecule has 0 saturated carbocycles. The van der Waals surface area contributed by atoms with Gasteiger partial charge < -0.3 is 20.4 Å². The number of rotatable bonds is 7. The predicted octanol–water partition coefficient (Wildman–Crippen LogP) is 1.22. The number of imidazole rings is 1. The van der Waals surface area contributed by atoms with E-state index in [1.54, 1.807) is 12.5 Å².